The zero-order valence-electron chi connectivity index (χ0n) is 10.9. The highest BCUT2D eigenvalue weighted by Gasteiger charge is 2.16. The number of carbonyl (C=O) groups excluding carboxylic acids is 2. The van der Waals surface area contributed by atoms with Crippen LogP contribution in [0.3, 0.4) is 0 Å². The standard InChI is InChI=1S/C13H12BrNO3S2/c1-3-18-13(17)11-7(2)4-10(20-11)15-12(16)8-5-9(14)19-6-8/h4-6H,3H2,1-2H3,(H,15,16). The van der Waals surface area contributed by atoms with Crippen LogP contribution < -0.4 is 5.32 Å². The molecule has 4 nitrogen and oxygen atoms in total. The summed E-state index contributed by atoms with van der Waals surface area (Å²) in [5.74, 6) is -0.544. The van der Waals surface area contributed by atoms with E-state index in [1.165, 1.54) is 22.7 Å². The van der Waals surface area contributed by atoms with Crippen LogP contribution in [0, 0.1) is 6.92 Å². The lowest BCUT2D eigenvalue weighted by atomic mass is 10.3. The molecule has 2 rings (SSSR count). The van der Waals surface area contributed by atoms with Crippen molar-refractivity contribution >= 4 is 55.5 Å². The van der Waals surface area contributed by atoms with Gasteiger partial charge in [-0.1, -0.05) is 0 Å². The van der Waals surface area contributed by atoms with E-state index in [1.54, 1.807) is 24.4 Å². The van der Waals surface area contributed by atoms with Crippen LogP contribution in [0.2, 0.25) is 0 Å². The van der Waals surface area contributed by atoms with Crippen LogP contribution in [-0.4, -0.2) is 18.5 Å². The molecule has 0 saturated carbocycles. The Morgan fingerprint density at radius 3 is 2.75 bits per heavy atom. The second kappa shape index (κ2) is 6.51. The van der Waals surface area contributed by atoms with E-state index >= 15 is 0 Å². The predicted molar refractivity (Wildman–Crippen MR) is 85.0 cm³/mol. The summed E-state index contributed by atoms with van der Waals surface area (Å²) in [4.78, 5) is 24.2. The maximum absolute atomic E-state index is 12.0. The molecule has 0 bridgehead atoms. The Bertz CT molecular complexity index is 648. The molecule has 0 aliphatic rings. The molecule has 2 aromatic rings. The summed E-state index contributed by atoms with van der Waals surface area (Å²) in [5.41, 5.74) is 1.39. The minimum Gasteiger partial charge on any atom is -0.462 e. The van der Waals surface area contributed by atoms with Gasteiger partial charge in [-0.25, -0.2) is 4.79 Å². The average molecular weight is 374 g/mol. The van der Waals surface area contributed by atoms with E-state index in [-0.39, 0.29) is 11.9 Å². The topological polar surface area (TPSA) is 55.4 Å². The SMILES string of the molecule is CCOC(=O)c1sc(NC(=O)c2csc(Br)c2)cc1C. The molecule has 0 aliphatic carbocycles. The van der Waals surface area contributed by atoms with Crippen molar-refractivity contribution in [1.29, 1.82) is 0 Å². The van der Waals surface area contributed by atoms with Gasteiger partial charge in [0, 0.05) is 5.38 Å². The molecule has 106 valence electrons. The highest BCUT2D eigenvalue weighted by Crippen LogP contribution is 2.28. The van der Waals surface area contributed by atoms with Gasteiger partial charge < -0.3 is 10.1 Å². The first kappa shape index (κ1) is 15.2. The normalized spacial score (nSPS) is 10.3. The second-order valence-electron chi connectivity index (χ2n) is 3.94. The van der Waals surface area contributed by atoms with Gasteiger partial charge in [-0.2, -0.15) is 0 Å². The Balaban J connectivity index is 2.12. The molecule has 0 fully saturated rings. The smallest absolute Gasteiger partial charge is 0.348 e. The van der Waals surface area contributed by atoms with Gasteiger partial charge >= 0.3 is 5.97 Å². The van der Waals surface area contributed by atoms with Crippen molar-refractivity contribution in [3.05, 3.63) is 37.3 Å². The summed E-state index contributed by atoms with van der Waals surface area (Å²) in [6.07, 6.45) is 0. The van der Waals surface area contributed by atoms with Crippen molar-refractivity contribution < 1.29 is 14.3 Å². The molecule has 7 heteroatoms. The summed E-state index contributed by atoms with van der Waals surface area (Å²) in [6, 6.07) is 3.53. The molecule has 0 unspecified atom stereocenters. The third-order valence-electron chi connectivity index (χ3n) is 2.44. The van der Waals surface area contributed by atoms with Crippen LogP contribution in [0.15, 0.2) is 21.3 Å². The van der Waals surface area contributed by atoms with Crippen molar-refractivity contribution in [2.24, 2.45) is 0 Å². The molecule has 0 saturated heterocycles. The molecule has 0 spiro atoms. The number of hydrogen-bond donors (Lipinski definition) is 1. The summed E-state index contributed by atoms with van der Waals surface area (Å²) >= 11 is 5.99. The number of anilines is 1. The number of ether oxygens (including phenoxy) is 1. The number of thiophene rings is 2. The number of esters is 1. The van der Waals surface area contributed by atoms with E-state index in [1.807, 2.05) is 6.92 Å². The van der Waals surface area contributed by atoms with Crippen molar-refractivity contribution in [2.45, 2.75) is 13.8 Å². The van der Waals surface area contributed by atoms with Gasteiger partial charge in [0.05, 0.1) is 21.0 Å². The molecule has 0 aromatic carbocycles. The fourth-order valence-electron chi connectivity index (χ4n) is 1.56. The van der Waals surface area contributed by atoms with Gasteiger partial charge in [-0.05, 0) is 47.5 Å². The first-order valence-electron chi connectivity index (χ1n) is 5.84. The molecular weight excluding hydrogens is 362 g/mol. The maximum atomic E-state index is 12.0. The molecular formula is C13H12BrNO3S2. The van der Waals surface area contributed by atoms with E-state index < -0.39 is 0 Å². The Hall–Kier alpha value is -1.18. The van der Waals surface area contributed by atoms with E-state index in [4.69, 9.17) is 4.74 Å². The third-order valence-corrected chi connectivity index (χ3v) is 5.08. The number of halogens is 1. The first-order valence-corrected chi connectivity index (χ1v) is 8.33. The van der Waals surface area contributed by atoms with Gasteiger partial charge in [-0.15, -0.1) is 22.7 Å². The predicted octanol–water partition coefficient (Wildman–Crippen LogP) is 4.31. The van der Waals surface area contributed by atoms with Crippen LogP contribution in [-0.2, 0) is 4.74 Å². The van der Waals surface area contributed by atoms with E-state index in [0.29, 0.717) is 22.0 Å². The fourth-order valence-corrected chi connectivity index (χ4v) is 3.65. The molecule has 0 atom stereocenters. The largest absolute Gasteiger partial charge is 0.462 e. The number of amides is 1. The monoisotopic (exact) mass is 373 g/mol. The number of aryl methyl sites for hydroxylation is 1. The van der Waals surface area contributed by atoms with Crippen LogP contribution in [0.5, 0.6) is 0 Å². The zero-order chi connectivity index (χ0) is 14.7. The minimum absolute atomic E-state index is 0.191. The van der Waals surface area contributed by atoms with Crippen LogP contribution in [0.4, 0.5) is 5.00 Å². The summed E-state index contributed by atoms with van der Waals surface area (Å²) in [6.45, 7) is 3.92. The van der Waals surface area contributed by atoms with Crippen LogP contribution >= 0.6 is 38.6 Å². The lowest BCUT2D eigenvalue weighted by Crippen LogP contribution is -2.09. The Labute approximate surface area is 132 Å². The minimum atomic E-state index is -0.353. The highest BCUT2D eigenvalue weighted by atomic mass is 79.9. The summed E-state index contributed by atoms with van der Waals surface area (Å²) in [7, 11) is 0. The van der Waals surface area contributed by atoms with E-state index in [2.05, 4.69) is 21.2 Å². The van der Waals surface area contributed by atoms with E-state index in [0.717, 1.165) is 9.35 Å². The number of rotatable bonds is 4. The van der Waals surface area contributed by atoms with Gasteiger partial charge in [-0.3, -0.25) is 4.79 Å². The highest BCUT2D eigenvalue weighted by molar-refractivity contribution is 9.11. The Kier molecular flexibility index (Phi) is 4.95. The lowest BCUT2D eigenvalue weighted by Gasteiger charge is -2.00. The summed E-state index contributed by atoms with van der Waals surface area (Å²) < 4.78 is 5.87. The third kappa shape index (κ3) is 3.47. The van der Waals surface area contributed by atoms with Crippen molar-refractivity contribution in [3.63, 3.8) is 0 Å². The van der Waals surface area contributed by atoms with Crippen molar-refractivity contribution in [3.8, 4) is 0 Å². The molecule has 2 aromatic heterocycles. The van der Waals surface area contributed by atoms with E-state index in [9.17, 15) is 9.59 Å². The van der Waals surface area contributed by atoms with Crippen molar-refractivity contribution in [1.82, 2.24) is 0 Å². The Morgan fingerprint density at radius 2 is 2.15 bits per heavy atom. The molecule has 0 radical (unpaired) electrons. The van der Waals surface area contributed by atoms with Gasteiger partial charge in [0.2, 0.25) is 0 Å². The van der Waals surface area contributed by atoms with Crippen LogP contribution in [0.25, 0.3) is 0 Å². The fraction of sp³-hybridized carbons (Fsp3) is 0.231. The van der Waals surface area contributed by atoms with Crippen molar-refractivity contribution in [2.75, 3.05) is 11.9 Å². The number of nitrogens with one attached hydrogen (secondary N) is 1. The molecule has 1 N–H and O–H groups in total. The summed E-state index contributed by atoms with van der Waals surface area (Å²) in [5, 5.41) is 5.19. The molecule has 0 aliphatic heterocycles. The van der Waals surface area contributed by atoms with Gasteiger partial charge in [0.1, 0.15) is 4.88 Å². The van der Waals surface area contributed by atoms with Crippen LogP contribution in [0.1, 0.15) is 32.5 Å². The maximum Gasteiger partial charge on any atom is 0.348 e. The van der Waals surface area contributed by atoms with Gasteiger partial charge in [0.25, 0.3) is 5.91 Å². The number of hydrogen-bond acceptors (Lipinski definition) is 5. The molecule has 20 heavy (non-hydrogen) atoms. The molecule has 1 amide bonds. The van der Waals surface area contributed by atoms with Gasteiger partial charge in [0.15, 0.2) is 0 Å². The number of carbonyl (C=O) groups is 2. The molecule has 2 heterocycles. The Morgan fingerprint density at radius 1 is 1.40 bits per heavy atom. The quantitative estimate of drug-likeness (QED) is 0.812. The first-order chi connectivity index (χ1) is 9.51. The average Bonchev–Trinajstić information content (AvgIpc) is 2.96. The zero-order valence-corrected chi connectivity index (χ0v) is 14.1. The second-order valence-corrected chi connectivity index (χ2v) is 7.28. The lowest BCUT2D eigenvalue weighted by molar-refractivity contribution is 0.0531.